The minimum atomic E-state index is -0.214. The van der Waals surface area contributed by atoms with Gasteiger partial charge in [-0.2, -0.15) is 0 Å². The van der Waals surface area contributed by atoms with Crippen molar-refractivity contribution in [1.82, 2.24) is 0 Å². The molecule has 0 aliphatic carbocycles. The first-order chi connectivity index (χ1) is 10.2. The molecule has 0 rings (SSSR count). The molecule has 23 heavy (non-hydrogen) atoms. The molecule has 1 unspecified atom stereocenters. The van der Waals surface area contributed by atoms with Gasteiger partial charge in [-0.05, 0) is 19.8 Å². The number of quaternary nitrogens is 1. The van der Waals surface area contributed by atoms with Gasteiger partial charge in [-0.25, -0.2) is 0 Å². The third-order valence-electron chi connectivity index (χ3n) is 4.50. The molecule has 0 aromatic heterocycles. The summed E-state index contributed by atoms with van der Waals surface area (Å²) < 4.78 is -0.214. The zero-order valence-corrected chi connectivity index (χ0v) is 15.6. The van der Waals surface area contributed by atoms with Crippen LogP contribution >= 0.6 is 0 Å². The zero-order valence-electron chi connectivity index (χ0n) is 15.6. The Morgan fingerprint density at radius 1 is 0.652 bits per heavy atom. The molecule has 1 atom stereocenters. The van der Waals surface area contributed by atoms with E-state index in [0.29, 0.717) is 19.6 Å². The summed E-state index contributed by atoms with van der Waals surface area (Å²) in [6, 6.07) is 0. The lowest BCUT2D eigenvalue weighted by Gasteiger charge is -2.41. The van der Waals surface area contributed by atoms with Gasteiger partial charge in [0.05, 0.1) is 19.7 Å². The molecule has 5 heteroatoms. The second kappa shape index (κ2) is 19.8. The first-order valence-corrected chi connectivity index (χ1v) is 9.36. The summed E-state index contributed by atoms with van der Waals surface area (Å²) in [5.41, 5.74) is 0. The first kappa shape index (κ1) is 27.6. The third-order valence-corrected chi connectivity index (χ3v) is 4.50. The van der Waals surface area contributed by atoms with Crippen LogP contribution in [0, 0.1) is 5.21 Å². The third kappa shape index (κ3) is 18.0. The van der Waals surface area contributed by atoms with E-state index in [-0.39, 0.29) is 22.2 Å². The summed E-state index contributed by atoms with van der Waals surface area (Å²) in [5, 5.41) is 21.0. The second-order valence-corrected chi connectivity index (χ2v) is 6.43. The fourth-order valence-electron chi connectivity index (χ4n) is 2.85. The van der Waals surface area contributed by atoms with Gasteiger partial charge in [0.25, 0.3) is 0 Å². The van der Waals surface area contributed by atoms with Crippen molar-refractivity contribution >= 4 is 0 Å². The summed E-state index contributed by atoms with van der Waals surface area (Å²) in [6.07, 6.45) is 15.9. The molecule has 0 aromatic carbocycles. The molecule has 144 valence electrons. The molecule has 0 aromatic rings. The van der Waals surface area contributed by atoms with Gasteiger partial charge in [-0.1, -0.05) is 71.1 Å². The fraction of sp³-hybridized carbons (Fsp3) is 1.00. The van der Waals surface area contributed by atoms with E-state index in [9.17, 15) is 5.21 Å². The highest BCUT2D eigenvalue weighted by atomic mass is 16.5. The molecule has 5 nitrogen and oxygen atoms in total. The first-order valence-electron chi connectivity index (χ1n) is 9.36. The number of aliphatic hydroxyl groups is 1. The van der Waals surface area contributed by atoms with E-state index in [0.717, 1.165) is 6.42 Å². The lowest BCUT2D eigenvalue weighted by Crippen LogP contribution is -2.44. The van der Waals surface area contributed by atoms with Crippen LogP contribution in [0.1, 0.15) is 90.9 Å². The Balaban J connectivity index is -0.00000200. The van der Waals surface area contributed by atoms with Crippen LogP contribution in [-0.2, 0) is 0 Å². The molecule has 0 saturated heterocycles. The average molecular weight is 338 g/mol. The van der Waals surface area contributed by atoms with Gasteiger partial charge >= 0.3 is 0 Å². The van der Waals surface area contributed by atoms with Crippen LogP contribution in [0.4, 0.5) is 0 Å². The standard InChI is InChI=1S/C18H39NO2.2H2O/c1-3-5-6-7-8-9-10-11-12-13-14-15-16-19(21,4-2)17-18-20;;/h20H,3-18H2,1-2H3;2*1H2. The van der Waals surface area contributed by atoms with Crippen LogP contribution in [0.3, 0.4) is 0 Å². The van der Waals surface area contributed by atoms with Gasteiger partial charge in [0, 0.05) is 0 Å². The van der Waals surface area contributed by atoms with E-state index in [4.69, 9.17) is 5.11 Å². The van der Waals surface area contributed by atoms with E-state index in [1.54, 1.807) is 0 Å². The molecule has 0 saturated carbocycles. The number of hydrogen-bond acceptors (Lipinski definition) is 2. The maximum Gasteiger partial charge on any atom is 0.102 e. The fourth-order valence-corrected chi connectivity index (χ4v) is 2.85. The molecule has 0 aliphatic rings. The molecule has 0 aliphatic heterocycles. The maximum absolute atomic E-state index is 12.1. The highest BCUT2D eigenvalue weighted by Crippen LogP contribution is 2.13. The lowest BCUT2D eigenvalue weighted by molar-refractivity contribution is -0.879. The quantitative estimate of drug-likeness (QED) is 0.265. The van der Waals surface area contributed by atoms with Crippen LogP contribution in [0.5, 0.6) is 0 Å². The van der Waals surface area contributed by atoms with Gasteiger partial charge in [-0.3, -0.25) is 0 Å². The normalized spacial score (nSPS) is 13.0. The Labute approximate surface area is 143 Å². The Morgan fingerprint density at radius 3 is 1.39 bits per heavy atom. The maximum atomic E-state index is 12.1. The van der Waals surface area contributed by atoms with Crippen molar-refractivity contribution in [1.29, 1.82) is 0 Å². The van der Waals surface area contributed by atoms with Crippen LogP contribution in [0.2, 0.25) is 0 Å². The highest BCUT2D eigenvalue weighted by Gasteiger charge is 2.12. The summed E-state index contributed by atoms with van der Waals surface area (Å²) in [4.78, 5) is 0. The number of likely N-dealkylation sites (N-methyl/N-ethyl adjacent to an activating group) is 1. The van der Waals surface area contributed by atoms with Crippen LogP contribution in [-0.4, -0.2) is 46.9 Å². The Morgan fingerprint density at radius 2 is 1.04 bits per heavy atom. The van der Waals surface area contributed by atoms with Crippen molar-refractivity contribution in [2.45, 2.75) is 90.9 Å². The van der Waals surface area contributed by atoms with Crippen molar-refractivity contribution in [3.8, 4) is 0 Å². The van der Waals surface area contributed by atoms with Gasteiger partial charge in [-0.15, -0.1) is 0 Å². The zero-order chi connectivity index (χ0) is 15.8. The van der Waals surface area contributed by atoms with Crippen molar-refractivity contribution in [2.24, 2.45) is 0 Å². The average Bonchev–Trinajstić information content (AvgIpc) is 2.48. The molecule has 0 amide bonds. The van der Waals surface area contributed by atoms with Gasteiger partial charge < -0.3 is 25.9 Å². The van der Waals surface area contributed by atoms with Crippen molar-refractivity contribution in [3.63, 3.8) is 0 Å². The number of hydrogen-bond donors (Lipinski definition) is 1. The van der Waals surface area contributed by atoms with Gasteiger partial charge in [0.15, 0.2) is 0 Å². The molecular formula is C18H43NO4. The molecular weight excluding hydrogens is 294 g/mol. The van der Waals surface area contributed by atoms with Crippen molar-refractivity contribution in [2.75, 3.05) is 26.2 Å². The number of hydroxylamine groups is 3. The SMILES string of the molecule is CCCCCCCCCCCCCC[N+]([O-])(CC)CCO.O.O. The Kier molecular flexibility index (Phi) is 23.8. The van der Waals surface area contributed by atoms with Crippen LogP contribution in [0.15, 0.2) is 0 Å². The monoisotopic (exact) mass is 337 g/mol. The van der Waals surface area contributed by atoms with Gasteiger partial charge in [0.1, 0.15) is 6.54 Å². The van der Waals surface area contributed by atoms with Crippen molar-refractivity contribution < 1.29 is 20.7 Å². The van der Waals surface area contributed by atoms with Crippen LogP contribution in [0.25, 0.3) is 0 Å². The van der Waals surface area contributed by atoms with Crippen molar-refractivity contribution in [3.05, 3.63) is 5.21 Å². The van der Waals surface area contributed by atoms with E-state index < -0.39 is 0 Å². The molecule has 0 spiro atoms. The molecule has 0 heterocycles. The predicted octanol–water partition coefficient (Wildman–Crippen LogP) is 3.36. The topological polar surface area (TPSA) is 106 Å². The van der Waals surface area contributed by atoms with Crippen LogP contribution < -0.4 is 0 Å². The summed E-state index contributed by atoms with van der Waals surface area (Å²) in [7, 11) is 0. The second-order valence-electron chi connectivity index (χ2n) is 6.43. The smallest absolute Gasteiger partial charge is 0.102 e. The summed E-state index contributed by atoms with van der Waals surface area (Å²) in [6.45, 7) is 5.81. The number of nitrogens with zero attached hydrogens (tertiary/aromatic N) is 1. The highest BCUT2D eigenvalue weighted by molar-refractivity contribution is 4.49. The Bertz CT molecular complexity index is 217. The summed E-state index contributed by atoms with van der Waals surface area (Å²) >= 11 is 0. The van der Waals surface area contributed by atoms with E-state index >= 15 is 0 Å². The Hall–Kier alpha value is -0.200. The van der Waals surface area contributed by atoms with E-state index in [2.05, 4.69) is 6.92 Å². The molecule has 0 radical (unpaired) electrons. The minimum absolute atomic E-state index is 0. The minimum Gasteiger partial charge on any atom is -0.633 e. The molecule has 0 fully saturated rings. The predicted molar refractivity (Wildman–Crippen MR) is 99.3 cm³/mol. The molecule has 0 bridgehead atoms. The van der Waals surface area contributed by atoms with Gasteiger partial charge in [0.2, 0.25) is 0 Å². The van der Waals surface area contributed by atoms with E-state index in [1.165, 1.54) is 70.6 Å². The molecule has 5 N–H and O–H groups in total. The largest absolute Gasteiger partial charge is 0.633 e. The van der Waals surface area contributed by atoms with E-state index in [1.807, 2.05) is 6.92 Å². The summed E-state index contributed by atoms with van der Waals surface area (Å²) in [5.74, 6) is 0. The number of rotatable bonds is 16. The number of aliphatic hydroxyl groups excluding tert-OH is 1. The lowest BCUT2D eigenvalue weighted by atomic mass is 10.1. The number of unbranched alkanes of at least 4 members (excludes halogenated alkanes) is 11.